The molecule has 0 aliphatic carbocycles. The van der Waals surface area contributed by atoms with Crippen LogP contribution < -0.4 is 5.32 Å². The zero-order valence-corrected chi connectivity index (χ0v) is 14.5. The number of nitrogens with zero attached hydrogens (tertiary/aromatic N) is 2. The molecule has 24 heavy (non-hydrogen) atoms. The molecule has 1 N–H and O–H groups in total. The van der Waals surface area contributed by atoms with Gasteiger partial charge >= 0.3 is 0 Å². The molecule has 3 heterocycles. The summed E-state index contributed by atoms with van der Waals surface area (Å²) in [5.74, 6) is 0.770. The minimum absolute atomic E-state index is 0.353. The van der Waals surface area contributed by atoms with Crippen molar-refractivity contribution in [2.45, 2.75) is 37.6 Å². The highest BCUT2D eigenvalue weighted by Crippen LogP contribution is 2.39. The second-order valence-corrected chi connectivity index (χ2v) is 7.93. The summed E-state index contributed by atoms with van der Waals surface area (Å²) in [5.41, 5.74) is 3.45. The lowest BCUT2D eigenvalue weighted by atomic mass is 9.69. The Hall–Kier alpha value is -1.39. The van der Waals surface area contributed by atoms with Gasteiger partial charge in [0.2, 0.25) is 6.41 Å². The molecule has 0 radical (unpaired) electrons. The Morgan fingerprint density at radius 2 is 1.88 bits per heavy atom. The van der Waals surface area contributed by atoms with Crippen molar-refractivity contribution in [3.05, 3.63) is 35.4 Å². The first-order chi connectivity index (χ1) is 11.8. The molecule has 2 fully saturated rings. The van der Waals surface area contributed by atoms with E-state index in [1.54, 1.807) is 5.56 Å². The van der Waals surface area contributed by atoms with E-state index in [0.717, 1.165) is 38.5 Å². The van der Waals surface area contributed by atoms with Crippen molar-refractivity contribution in [3.63, 3.8) is 0 Å². The minimum atomic E-state index is 0.353. The van der Waals surface area contributed by atoms with Crippen LogP contribution in [0, 0.1) is 5.92 Å². The number of piperidine rings is 2. The van der Waals surface area contributed by atoms with Gasteiger partial charge in [-0.3, -0.25) is 4.79 Å². The summed E-state index contributed by atoms with van der Waals surface area (Å²) in [4.78, 5) is 15.4. The van der Waals surface area contributed by atoms with Gasteiger partial charge in [-0.1, -0.05) is 24.3 Å². The maximum absolute atomic E-state index is 10.8. The largest absolute Gasteiger partial charge is 0.345 e. The molecule has 0 aromatic heterocycles. The van der Waals surface area contributed by atoms with Crippen LogP contribution in [0.1, 0.15) is 36.8 Å². The topological polar surface area (TPSA) is 35.6 Å². The van der Waals surface area contributed by atoms with E-state index < -0.39 is 0 Å². The summed E-state index contributed by atoms with van der Waals surface area (Å²) >= 11 is 0. The van der Waals surface area contributed by atoms with Crippen molar-refractivity contribution >= 4 is 6.41 Å². The van der Waals surface area contributed by atoms with Crippen LogP contribution in [0.4, 0.5) is 0 Å². The number of nitrogens with one attached hydrogen (secondary N) is 1. The highest BCUT2D eigenvalue weighted by Gasteiger charge is 2.39. The molecule has 1 aromatic carbocycles. The quantitative estimate of drug-likeness (QED) is 0.863. The van der Waals surface area contributed by atoms with Gasteiger partial charge in [0.25, 0.3) is 0 Å². The van der Waals surface area contributed by atoms with Crippen LogP contribution in [0.5, 0.6) is 0 Å². The molecule has 2 saturated heterocycles. The highest BCUT2D eigenvalue weighted by atomic mass is 16.1. The van der Waals surface area contributed by atoms with E-state index in [1.165, 1.54) is 50.9 Å². The predicted molar refractivity (Wildman–Crippen MR) is 95.9 cm³/mol. The van der Waals surface area contributed by atoms with E-state index >= 15 is 0 Å². The van der Waals surface area contributed by atoms with Gasteiger partial charge in [-0.2, -0.15) is 0 Å². The van der Waals surface area contributed by atoms with E-state index in [2.05, 4.69) is 34.5 Å². The molecule has 3 aliphatic heterocycles. The molecule has 3 aliphatic rings. The average Bonchev–Trinajstić information content (AvgIpc) is 2.65. The number of rotatable bonds is 3. The average molecular weight is 327 g/mol. The number of benzene rings is 1. The first-order valence-corrected chi connectivity index (χ1v) is 9.50. The van der Waals surface area contributed by atoms with Gasteiger partial charge in [-0.05, 0) is 55.8 Å². The lowest BCUT2D eigenvalue weighted by Crippen LogP contribution is -2.51. The van der Waals surface area contributed by atoms with E-state index in [9.17, 15) is 4.79 Å². The van der Waals surface area contributed by atoms with Crippen molar-refractivity contribution in [2.75, 3.05) is 39.3 Å². The van der Waals surface area contributed by atoms with Gasteiger partial charge in [-0.15, -0.1) is 0 Å². The van der Waals surface area contributed by atoms with Crippen LogP contribution in [0.3, 0.4) is 0 Å². The van der Waals surface area contributed by atoms with Crippen LogP contribution in [-0.4, -0.2) is 55.5 Å². The second kappa shape index (κ2) is 6.85. The van der Waals surface area contributed by atoms with Gasteiger partial charge in [0.15, 0.2) is 0 Å². The van der Waals surface area contributed by atoms with Gasteiger partial charge in [0.05, 0.1) is 0 Å². The molecule has 0 bridgehead atoms. The van der Waals surface area contributed by atoms with Crippen molar-refractivity contribution in [3.8, 4) is 0 Å². The second-order valence-electron chi connectivity index (χ2n) is 7.93. The van der Waals surface area contributed by atoms with Gasteiger partial charge in [-0.25, -0.2) is 0 Å². The van der Waals surface area contributed by atoms with Crippen LogP contribution in [-0.2, 0) is 16.8 Å². The first kappa shape index (κ1) is 16.1. The van der Waals surface area contributed by atoms with Gasteiger partial charge < -0.3 is 15.1 Å². The third kappa shape index (κ3) is 3.09. The Balaban J connectivity index is 1.35. The van der Waals surface area contributed by atoms with E-state index in [0.29, 0.717) is 5.41 Å². The number of carbonyl (C=O) groups is 1. The molecule has 1 amide bonds. The molecular weight excluding hydrogens is 298 g/mol. The number of carbonyl (C=O) groups excluding carboxylic acids is 1. The lowest BCUT2D eigenvalue weighted by Gasteiger charge is -2.46. The monoisotopic (exact) mass is 327 g/mol. The molecule has 130 valence electrons. The predicted octanol–water partition coefficient (Wildman–Crippen LogP) is 1.99. The molecule has 1 aromatic rings. The fourth-order valence-corrected chi connectivity index (χ4v) is 4.94. The summed E-state index contributed by atoms with van der Waals surface area (Å²) in [5, 5.41) is 3.65. The number of hydrogen-bond acceptors (Lipinski definition) is 3. The van der Waals surface area contributed by atoms with Crippen molar-refractivity contribution in [2.24, 2.45) is 5.92 Å². The zero-order valence-electron chi connectivity index (χ0n) is 14.5. The molecule has 0 atom stereocenters. The lowest BCUT2D eigenvalue weighted by molar-refractivity contribution is -0.119. The molecule has 4 rings (SSSR count). The summed E-state index contributed by atoms with van der Waals surface area (Å²) in [6, 6.07) is 9.02. The molecule has 0 unspecified atom stereocenters. The number of amides is 1. The van der Waals surface area contributed by atoms with E-state index in [1.807, 2.05) is 4.90 Å². The maximum Gasteiger partial charge on any atom is 0.209 e. The SMILES string of the molecule is O=CN1CCC(CN2CCC3(CC2)CNCc2ccccc23)CC1. The molecule has 0 saturated carbocycles. The normalized spacial score (nSPS) is 24.8. The fourth-order valence-electron chi connectivity index (χ4n) is 4.94. The van der Waals surface area contributed by atoms with Gasteiger partial charge in [0, 0.05) is 38.1 Å². The van der Waals surface area contributed by atoms with Gasteiger partial charge in [0.1, 0.15) is 0 Å². The number of likely N-dealkylation sites (tertiary alicyclic amines) is 2. The Morgan fingerprint density at radius 1 is 1.12 bits per heavy atom. The minimum Gasteiger partial charge on any atom is -0.345 e. The maximum atomic E-state index is 10.8. The first-order valence-electron chi connectivity index (χ1n) is 9.50. The Morgan fingerprint density at radius 3 is 2.62 bits per heavy atom. The Bertz CT molecular complexity index is 572. The van der Waals surface area contributed by atoms with Crippen molar-refractivity contribution in [1.82, 2.24) is 15.1 Å². The fraction of sp³-hybridized carbons (Fsp3) is 0.650. The molecule has 1 spiro atoms. The van der Waals surface area contributed by atoms with Crippen LogP contribution in [0.2, 0.25) is 0 Å². The van der Waals surface area contributed by atoms with Crippen molar-refractivity contribution in [1.29, 1.82) is 0 Å². The molecule has 4 nitrogen and oxygen atoms in total. The van der Waals surface area contributed by atoms with Crippen LogP contribution in [0.15, 0.2) is 24.3 Å². The summed E-state index contributed by atoms with van der Waals surface area (Å²) in [6.45, 7) is 7.70. The summed E-state index contributed by atoms with van der Waals surface area (Å²) in [6.07, 6.45) is 5.89. The third-order valence-corrected chi connectivity index (χ3v) is 6.50. The Labute approximate surface area is 145 Å². The highest BCUT2D eigenvalue weighted by molar-refractivity contribution is 5.47. The smallest absolute Gasteiger partial charge is 0.209 e. The van der Waals surface area contributed by atoms with Crippen LogP contribution in [0.25, 0.3) is 0 Å². The summed E-state index contributed by atoms with van der Waals surface area (Å²) < 4.78 is 0. The zero-order chi connectivity index (χ0) is 16.4. The van der Waals surface area contributed by atoms with E-state index in [-0.39, 0.29) is 0 Å². The standard InChI is InChI=1S/C20H29N3O/c24-16-23-9-5-17(6-10-23)14-22-11-7-20(8-12-22)15-21-13-18-3-1-2-4-19(18)20/h1-4,16-17,21H,5-15H2. The Kier molecular flexibility index (Phi) is 4.59. The molecule has 4 heteroatoms. The van der Waals surface area contributed by atoms with Crippen molar-refractivity contribution < 1.29 is 4.79 Å². The number of hydrogen-bond donors (Lipinski definition) is 1. The van der Waals surface area contributed by atoms with E-state index in [4.69, 9.17) is 0 Å². The number of fused-ring (bicyclic) bond motifs is 2. The third-order valence-electron chi connectivity index (χ3n) is 6.50. The summed E-state index contributed by atoms with van der Waals surface area (Å²) in [7, 11) is 0. The van der Waals surface area contributed by atoms with Crippen LogP contribution >= 0.6 is 0 Å². The molecular formula is C20H29N3O.